The predicted molar refractivity (Wildman–Crippen MR) is 100 cm³/mol. The van der Waals surface area contributed by atoms with E-state index in [1.54, 1.807) is 11.3 Å². The number of benzene rings is 1. The van der Waals surface area contributed by atoms with E-state index in [2.05, 4.69) is 10.3 Å². The molecule has 23 heavy (non-hydrogen) atoms. The van der Waals surface area contributed by atoms with Crippen LogP contribution in [-0.2, 0) is 4.79 Å². The van der Waals surface area contributed by atoms with Crippen molar-refractivity contribution >= 4 is 51.2 Å². The number of thiophene rings is 1. The zero-order valence-corrected chi connectivity index (χ0v) is 14.8. The highest BCUT2D eigenvalue weighted by Crippen LogP contribution is 2.29. The Kier molecular flexibility index (Phi) is 5.00. The van der Waals surface area contributed by atoms with Crippen molar-refractivity contribution in [1.29, 1.82) is 0 Å². The van der Waals surface area contributed by atoms with Gasteiger partial charge < -0.3 is 11.1 Å². The van der Waals surface area contributed by atoms with Crippen LogP contribution in [-0.4, -0.2) is 16.1 Å². The van der Waals surface area contributed by atoms with Gasteiger partial charge in [-0.05, 0) is 36.6 Å². The number of hydrogen-bond donors (Lipinski definition) is 2. The Morgan fingerprint density at radius 2 is 2.17 bits per heavy atom. The largest absolute Gasteiger partial charge is 0.399 e. The fraction of sp³-hybridized carbons (Fsp3) is 0.125. The summed E-state index contributed by atoms with van der Waals surface area (Å²) < 4.78 is 0. The highest BCUT2D eigenvalue weighted by molar-refractivity contribution is 8.00. The lowest BCUT2D eigenvalue weighted by atomic mass is 10.3. The van der Waals surface area contributed by atoms with Crippen molar-refractivity contribution < 1.29 is 4.79 Å². The van der Waals surface area contributed by atoms with Gasteiger partial charge >= 0.3 is 0 Å². The Balaban J connectivity index is 1.62. The molecule has 7 heteroatoms. The molecule has 0 bridgehead atoms. The van der Waals surface area contributed by atoms with Crippen LogP contribution in [0.15, 0.2) is 52.1 Å². The molecule has 1 unspecified atom stereocenters. The molecule has 1 atom stereocenters. The molecule has 3 rings (SSSR count). The van der Waals surface area contributed by atoms with Crippen LogP contribution in [0.3, 0.4) is 0 Å². The number of nitrogens with one attached hydrogen (secondary N) is 1. The second-order valence-corrected chi connectivity index (χ2v) is 8.06. The van der Waals surface area contributed by atoms with Crippen LogP contribution in [0, 0.1) is 0 Å². The maximum Gasteiger partial charge on any atom is 0.239 e. The van der Waals surface area contributed by atoms with Gasteiger partial charge in [-0.3, -0.25) is 4.79 Å². The van der Waals surface area contributed by atoms with E-state index in [4.69, 9.17) is 5.73 Å². The Bertz CT molecular complexity index is 799. The molecule has 0 saturated carbocycles. The number of carbonyl (C=O) groups excluding carboxylic acids is 1. The van der Waals surface area contributed by atoms with Gasteiger partial charge in [0, 0.05) is 16.0 Å². The zero-order chi connectivity index (χ0) is 16.2. The molecule has 3 aromatic rings. The van der Waals surface area contributed by atoms with Gasteiger partial charge in [-0.15, -0.1) is 34.4 Å². The van der Waals surface area contributed by atoms with Gasteiger partial charge in [-0.2, -0.15) is 0 Å². The van der Waals surface area contributed by atoms with Crippen LogP contribution in [0.5, 0.6) is 0 Å². The number of anilines is 2. The number of nitrogen functional groups attached to an aromatic ring is 1. The normalized spacial score (nSPS) is 12.0. The first kappa shape index (κ1) is 16.0. The molecule has 0 aliphatic rings. The number of nitrogens with two attached hydrogens (primary N) is 1. The van der Waals surface area contributed by atoms with Crippen LogP contribution in [0.2, 0.25) is 0 Å². The van der Waals surface area contributed by atoms with Crippen molar-refractivity contribution in [3.8, 4) is 10.6 Å². The molecule has 4 nitrogen and oxygen atoms in total. The third-order valence-electron chi connectivity index (χ3n) is 3.05. The number of aromatic nitrogens is 1. The van der Waals surface area contributed by atoms with E-state index in [0.29, 0.717) is 10.8 Å². The summed E-state index contributed by atoms with van der Waals surface area (Å²) in [6, 6.07) is 11.5. The van der Waals surface area contributed by atoms with Crippen molar-refractivity contribution in [3.63, 3.8) is 0 Å². The topological polar surface area (TPSA) is 68.0 Å². The van der Waals surface area contributed by atoms with E-state index >= 15 is 0 Å². The van der Waals surface area contributed by atoms with Crippen molar-refractivity contribution in [3.05, 3.63) is 47.2 Å². The molecule has 118 valence electrons. The molecular weight excluding hydrogens is 346 g/mol. The van der Waals surface area contributed by atoms with Crippen molar-refractivity contribution in [2.45, 2.75) is 17.1 Å². The van der Waals surface area contributed by atoms with Crippen LogP contribution in [0.4, 0.5) is 10.8 Å². The van der Waals surface area contributed by atoms with Crippen LogP contribution in [0.1, 0.15) is 6.92 Å². The smallest absolute Gasteiger partial charge is 0.239 e. The number of thioether (sulfide) groups is 1. The van der Waals surface area contributed by atoms with E-state index in [1.165, 1.54) is 23.1 Å². The van der Waals surface area contributed by atoms with Gasteiger partial charge in [-0.25, -0.2) is 4.98 Å². The minimum Gasteiger partial charge on any atom is -0.399 e. The Hall–Kier alpha value is -1.83. The van der Waals surface area contributed by atoms with Crippen molar-refractivity contribution in [2.24, 2.45) is 0 Å². The third-order valence-corrected chi connectivity index (χ3v) is 5.79. The predicted octanol–water partition coefficient (Wildman–Crippen LogP) is 4.57. The fourth-order valence-corrected chi connectivity index (χ4v) is 4.33. The molecule has 1 amide bonds. The minimum absolute atomic E-state index is 0.0653. The minimum atomic E-state index is -0.231. The second-order valence-electron chi connectivity index (χ2n) is 4.84. The zero-order valence-electron chi connectivity index (χ0n) is 12.4. The summed E-state index contributed by atoms with van der Waals surface area (Å²) in [7, 11) is 0. The number of hydrogen-bond acceptors (Lipinski definition) is 6. The summed E-state index contributed by atoms with van der Waals surface area (Å²) >= 11 is 4.55. The lowest BCUT2D eigenvalue weighted by molar-refractivity contribution is -0.115. The SMILES string of the molecule is CC(Sc1cccc(N)c1)C(=O)Nc1nc(-c2cccs2)cs1. The maximum atomic E-state index is 12.3. The van der Waals surface area contributed by atoms with Gasteiger partial charge in [0.2, 0.25) is 5.91 Å². The van der Waals surface area contributed by atoms with E-state index in [9.17, 15) is 4.79 Å². The highest BCUT2D eigenvalue weighted by Gasteiger charge is 2.16. The van der Waals surface area contributed by atoms with E-state index < -0.39 is 0 Å². The average Bonchev–Trinajstić information content (AvgIpc) is 3.17. The summed E-state index contributed by atoms with van der Waals surface area (Å²) in [5.74, 6) is -0.0653. The van der Waals surface area contributed by atoms with Gasteiger partial charge in [-0.1, -0.05) is 12.1 Å². The van der Waals surface area contributed by atoms with Crippen LogP contribution < -0.4 is 11.1 Å². The number of nitrogens with zero attached hydrogens (tertiary/aromatic N) is 1. The molecule has 0 fully saturated rings. The Morgan fingerprint density at radius 3 is 2.91 bits per heavy atom. The number of thiazole rings is 1. The quantitative estimate of drug-likeness (QED) is 0.516. The average molecular weight is 362 g/mol. The maximum absolute atomic E-state index is 12.3. The first-order valence-electron chi connectivity index (χ1n) is 6.94. The van der Waals surface area contributed by atoms with E-state index in [-0.39, 0.29) is 11.2 Å². The summed E-state index contributed by atoms with van der Waals surface area (Å²) in [5.41, 5.74) is 7.36. The molecule has 0 aliphatic carbocycles. The van der Waals surface area contributed by atoms with Gasteiger partial charge in [0.25, 0.3) is 0 Å². The number of amides is 1. The monoisotopic (exact) mass is 361 g/mol. The third kappa shape index (κ3) is 4.13. The fourth-order valence-electron chi connectivity index (χ4n) is 1.92. The molecule has 2 heterocycles. The van der Waals surface area contributed by atoms with Gasteiger partial charge in [0.1, 0.15) is 0 Å². The lowest BCUT2D eigenvalue weighted by Crippen LogP contribution is -2.22. The lowest BCUT2D eigenvalue weighted by Gasteiger charge is -2.10. The van der Waals surface area contributed by atoms with Crippen LogP contribution >= 0.6 is 34.4 Å². The number of carbonyl (C=O) groups is 1. The van der Waals surface area contributed by atoms with Gasteiger partial charge in [0.15, 0.2) is 5.13 Å². The van der Waals surface area contributed by atoms with E-state index in [0.717, 1.165) is 15.5 Å². The standard InChI is InChI=1S/C16H15N3OS3/c1-10(23-12-5-2-4-11(17)8-12)15(20)19-16-18-13(9-22-16)14-6-3-7-21-14/h2-10H,17H2,1H3,(H,18,19,20). The molecule has 2 aromatic heterocycles. The summed E-state index contributed by atoms with van der Waals surface area (Å²) in [6.07, 6.45) is 0. The van der Waals surface area contributed by atoms with E-state index in [1.807, 2.05) is 54.1 Å². The Morgan fingerprint density at radius 1 is 1.30 bits per heavy atom. The molecule has 0 spiro atoms. The summed E-state index contributed by atoms with van der Waals surface area (Å²) in [4.78, 5) is 18.8. The molecule has 0 saturated heterocycles. The summed E-state index contributed by atoms with van der Waals surface area (Å²) in [5, 5.41) is 7.24. The first-order chi connectivity index (χ1) is 11.1. The molecular formula is C16H15N3OS3. The molecule has 1 aromatic carbocycles. The molecule has 0 radical (unpaired) electrons. The van der Waals surface area contributed by atoms with Crippen molar-refractivity contribution in [1.82, 2.24) is 4.98 Å². The summed E-state index contributed by atoms with van der Waals surface area (Å²) in [6.45, 7) is 1.87. The molecule has 3 N–H and O–H groups in total. The van der Waals surface area contributed by atoms with Crippen LogP contribution in [0.25, 0.3) is 10.6 Å². The number of rotatable bonds is 5. The van der Waals surface area contributed by atoms with Gasteiger partial charge in [0.05, 0.1) is 15.8 Å². The first-order valence-corrected chi connectivity index (χ1v) is 9.58. The van der Waals surface area contributed by atoms with Crippen molar-refractivity contribution in [2.75, 3.05) is 11.1 Å². The second kappa shape index (κ2) is 7.16. The highest BCUT2D eigenvalue weighted by atomic mass is 32.2. The Labute approximate surface area is 146 Å². The molecule has 0 aliphatic heterocycles.